The fraction of sp³-hybridized carbons (Fsp3) is 0.667. The standard InChI is InChI=1S/C12H16N6O2/c13-4-7-5-18(17-15-7)6-11-14-12(16-20-11)9-3-8-1-2-10(9)19-8/h5,8-10H,1-4,6,13H2. The molecule has 4 heterocycles. The van der Waals surface area contributed by atoms with E-state index < -0.39 is 0 Å². The molecule has 0 saturated carbocycles. The quantitative estimate of drug-likeness (QED) is 0.850. The van der Waals surface area contributed by atoms with E-state index in [4.69, 9.17) is 15.0 Å². The largest absolute Gasteiger partial charge is 0.374 e. The Hall–Kier alpha value is -1.80. The number of nitrogens with two attached hydrogens (primary N) is 1. The molecule has 2 aliphatic heterocycles. The van der Waals surface area contributed by atoms with E-state index >= 15 is 0 Å². The van der Waals surface area contributed by atoms with Gasteiger partial charge in [0.15, 0.2) is 5.82 Å². The van der Waals surface area contributed by atoms with Crippen molar-refractivity contribution >= 4 is 0 Å². The number of rotatable bonds is 4. The molecule has 2 N–H and O–H groups in total. The maximum Gasteiger partial charge on any atom is 0.248 e. The SMILES string of the molecule is NCc1cn(Cc2nc(C3CC4CCC3O4)no2)nn1. The predicted molar refractivity (Wildman–Crippen MR) is 66.6 cm³/mol. The highest BCUT2D eigenvalue weighted by Gasteiger charge is 2.43. The molecular weight excluding hydrogens is 260 g/mol. The van der Waals surface area contributed by atoms with Crippen molar-refractivity contribution in [1.29, 1.82) is 0 Å². The van der Waals surface area contributed by atoms with Crippen molar-refractivity contribution in [2.24, 2.45) is 5.73 Å². The lowest BCUT2D eigenvalue weighted by Crippen LogP contribution is -2.15. The maximum absolute atomic E-state index is 5.82. The third-order valence-electron chi connectivity index (χ3n) is 4.01. The fourth-order valence-electron chi connectivity index (χ4n) is 3.04. The molecule has 3 unspecified atom stereocenters. The van der Waals surface area contributed by atoms with Crippen molar-refractivity contribution in [3.63, 3.8) is 0 Å². The van der Waals surface area contributed by atoms with Gasteiger partial charge in [-0.3, -0.25) is 0 Å². The molecule has 0 aromatic carbocycles. The van der Waals surface area contributed by atoms with Crippen molar-refractivity contribution in [1.82, 2.24) is 25.1 Å². The van der Waals surface area contributed by atoms with Gasteiger partial charge in [0.2, 0.25) is 5.89 Å². The van der Waals surface area contributed by atoms with Gasteiger partial charge in [-0.25, -0.2) is 4.68 Å². The van der Waals surface area contributed by atoms with Crippen LogP contribution in [0.25, 0.3) is 0 Å². The van der Waals surface area contributed by atoms with Gasteiger partial charge in [0.25, 0.3) is 0 Å². The average molecular weight is 276 g/mol. The summed E-state index contributed by atoms with van der Waals surface area (Å²) in [6, 6.07) is 0. The molecule has 3 atom stereocenters. The minimum atomic E-state index is 0.265. The molecule has 2 aromatic rings. The third kappa shape index (κ3) is 2.01. The topological polar surface area (TPSA) is 105 Å². The summed E-state index contributed by atoms with van der Waals surface area (Å²) < 4.78 is 12.8. The van der Waals surface area contributed by atoms with E-state index in [1.165, 1.54) is 0 Å². The molecule has 0 aliphatic carbocycles. The summed E-state index contributed by atoms with van der Waals surface area (Å²) in [7, 11) is 0. The molecule has 106 valence electrons. The molecular formula is C12H16N6O2. The number of hydrogen-bond acceptors (Lipinski definition) is 7. The van der Waals surface area contributed by atoms with E-state index in [2.05, 4.69) is 20.5 Å². The summed E-state index contributed by atoms with van der Waals surface area (Å²) in [6.07, 6.45) is 5.69. The smallest absolute Gasteiger partial charge is 0.248 e. The van der Waals surface area contributed by atoms with Gasteiger partial charge in [0.05, 0.1) is 30.0 Å². The van der Waals surface area contributed by atoms with Crippen LogP contribution in [0.3, 0.4) is 0 Å². The normalized spacial score (nSPS) is 28.4. The summed E-state index contributed by atoms with van der Waals surface area (Å²) in [5, 5.41) is 12.0. The molecule has 2 fully saturated rings. The Bertz CT molecular complexity index is 609. The third-order valence-corrected chi connectivity index (χ3v) is 4.01. The Morgan fingerprint density at radius 2 is 2.35 bits per heavy atom. The van der Waals surface area contributed by atoms with E-state index in [0.29, 0.717) is 25.1 Å². The Morgan fingerprint density at radius 1 is 1.40 bits per heavy atom. The molecule has 0 radical (unpaired) electrons. The van der Waals surface area contributed by atoms with Crippen LogP contribution in [0, 0.1) is 0 Å². The minimum absolute atomic E-state index is 0.265. The van der Waals surface area contributed by atoms with Gasteiger partial charge in [-0.15, -0.1) is 5.10 Å². The summed E-state index contributed by atoms with van der Waals surface area (Å²) in [5.74, 6) is 1.57. The van der Waals surface area contributed by atoms with Crippen LogP contribution in [0.15, 0.2) is 10.7 Å². The second kappa shape index (κ2) is 4.64. The van der Waals surface area contributed by atoms with E-state index in [9.17, 15) is 0 Å². The van der Waals surface area contributed by atoms with Crippen molar-refractivity contribution in [2.45, 2.75) is 50.5 Å². The van der Waals surface area contributed by atoms with Gasteiger partial charge in [0, 0.05) is 6.54 Å². The first-order valence-electron chi connectivity index (χ1n) is 6.89. The molecule has 2 aliphatic rings. The first-order chi connectivity index (χ1) is 9.81. The first kappa shape index (κ1) is 12.0. The van der Waals surface area contributed by atoms with Gasteiger partial charge < -0.3 is 15.0 Å². The van der Waals surface area contributed by atoms with Gasteiger partial charge >= 0.3 is 0 Å². The average Bonchev–Trinajstić information content (AvgIpc) is 3.23. The lowest BCUT2D eigenvalue weighted by Gasteiger charge is -2.13. The second-order valence-electron chi connectivity index (χ2n) is 5.37. The molecule has 2 bridgehead atoms. The number of aromatic nitrogens is 5. The van der Waals surface area contributed by atoms with Gasteiger partial charge in [-0.05, 0) is 19.3 Å². The fourth-order valence-corrected chi connectivity index (χ4v) is 3.04. The lowest BCUT2D eigenvalue weighted by atomic mass is 9.89. The van der Waals surface area contributed by atoms with E-state index in [1.807, 2.05) is 0 Å². The molecule has 8 nitrogen and oxygen atoms in total. The van der Waals surface area contributed by atoms with Crippen molar-refractivity contribution in [2.75, 3.05) is 0 Å². The molecule has 20 heavy (non-hydrogen) atoms. The maximum atomic E-state index is 5.82. The zero-order chi connectivity index (χ0) is 13.5. The summed E-state index contributed by atoms with van der Waals surface area (Å²) >= 11 is 0. The highest BCUT2D eigenvalue weighted by Crippen LogP contribution is 2.43. The van der Waals surface area contributed by atoms with Gasteiger partial charge in [0.1, 0.15) is 6.54 Å². The molecule has 2 saturated heterocycles. The van der Waals surface area contributed by atoms with Crippen LogP contribution < -0.4 is 5.73 Å². The summed E-state index contributed by atoms with van der Waals surface area (Å²) in [5.41, 5.74) is 6.24. The van der Waals surface area contributed by atoms with Crippen LogP contribution in [0.5, 0.6) is 0 Å². The van der Waals surface area contributed by atoms with Gasteiger partial charge in [-0.1, -0.05) is 10.4 Å². The Morgan fingerprint density at radius 3 is 3.05 bits per heavy atom. The zero-order valence-electron chi connectivity index (χ0n) is 11.0. The predicted octanol–water partition coefficient (Wildman–Crippen LogP) is 0.203. The lowest BCUT2D eigenvalue weighted by molar-refractivity contribution is 0.0996. The van der Waals surface area contributed by atoms with Crippen LogP contribution in [0.1, 0.15) is 42.6 Å². The van der Waals surface area contributed by atoms with Crippen LogP contribution in [0.2, 0.25) is 0 Å². The van der Waals surface area contributed by atoms with E-state index in [-0.39, 0.29) is 12.0 Å². The van der Waals surface area contributed by atoms with E-state index in [0.717, 1.165) is 30.8 Å². The number of ether oxygens (including phenoxy) is 1. The van der Waals surface area contributed by atoms with Crippen LogP contribution >= 0.6 is 0 Å². The highest BCUT2D eigenvalue weighted by molar-refractivity contribution is 5.07. The molecule has 0 amide bonds. The van der Waals surface area contributed by atoms with E-state index in [1.54, 1.807) is 10.9 Å². The molecule has 0 spiro atoms. The molecule has 8 heteroatoms. The monoisotopic (exact) mass is 276 g/mol. The highest BCUT2D eigenvalue weighted by atomic mass is 16.5. The number of nitrogens with zero attached hydrogens (tertiary/aromatic N) is 5. The summed E-state index contributed by atoms with van der Waals surface area (Å²) in [6.45, 7) is 0.791. The minimum Gasteiger partial charge on any atom is -0.374 e. The van der Waals surface area contributed by atoms with Crippen LogP contribution in [-0.4, -0.2) is 37.3 Å². The Kier molecular flexibility index (Phi) is 2.78. The Balaban J connectivity index is 1.48. The van der Waals surface area contributed by atoms with Crippen molar-refractivity contribution < 1.29 is 9.26 Å². The Labute approximate surface area is 115 Å². The van der Waals surface area contributed by atoms with Crippen LogP contribution in [0.4, 0.5) is 0 Å². The zero-order valence-corrected chi connectivity index (χ0v) is 11.0. The van der Waals surface area contributed by atoms with Crippen LogP contribution in [-0.2, 0) is 17.8 Å². The summed E-state index contributed by atoms with van der Waals surface area (Å²) in [4.78, 5) is 4.46. The van der Waals surface area contributed by atoms with Crippen molar-refractivity contribution in [3.8, 4) is 0 Å². The van der Waals surface area contributed by atoms with Crippen molar-refractivity contribution in [3.05, 3.63) is 23.6 Å². The van der Waals surface area contributed by atoms with Gasteiger partial charge in [-0.2, -0.15) is 4.98 Å². The molecule has 2 aromatic heterocycles. The number of hydrogen-bond donors (Lipinski definition) is 1. The molecule has 4 rings (SSSR count). The second-order valence-corrected chi connectivity index (χ2v) is 5.37. The number of fused-ring (bicyclic) bond motifs is 2. The first-order valence-corrected chi connectivity index (χ1v) is 6.89.